The lowest BCUT2D eigenvalue weighted by Gasteiger charge is -2.44. The first-order valence-electron chi connectivity index (χ1n) is 13.7. The second-order valence-electron chi connectivity index (χ2n) is 12.4. The van der Waals surface area contributed by atoms with Gasteiger partial charge < -0.3 is 0 Å². The average Bonchev–Trinajstić information content (AvgIpc) is 2.81. The third-order valence-electron chi connectivity index (χ3n) is 9.22. The number of benzene rings is 1. The molecule has 34 heavy (non-hydrogen) atoms. The summed E-state index contributed by atoms with van der Waals surface area (Å²) in [7, 11) is 0. The molecular weight excluding hydrogens is 428 g/mol. The smallest absolute Gasteiger partial charge is 0.00550 e. The molecule has 0 saturated carbocycles. The quantitative estimate of drug-likeness (QED) is 0.335. The molecule has 2 aliphatic carbocycles. The van der Waals surface area contributed by atoms with Crippen molar-refractivity contribution in [3.8, 4) is 0 Å². The van der Waals surface area contributed by atoms with Gasteiger partial charge in [-0.2, -0.15) is 0 Å². The van der Waals surface area contributed by atoms with Crippen molar-refractivity contribution < 1.29 is 0 Å². The van der Waals surface area contributed by atoms with Gasteiger partial charge in [-0.1, -0.05) is 91.3 Å². The molecule has 0 bridgehead atoms. The fourth-order valence-electron chi connectivity index (χ4n) is 6.45. The highest BCUT2D eigenvalue weighted by Crippen LogP contribution is 2.52. The summed E-state index contributed by atoms with van der Waals surface area (Å²) >= 11 is 1.90. The lowest BCUT2D eigenvalue weighted by atomic mass is 9.61. The minimum absolute atomic E-state index is 0.194. The summed E-state index contributed by atoms with van der Waals surface area (Å²) in [6, 6.07) is 5.20. The van der Waals surface area contributed by atoms with E-state index in [1.165, 1.54) is 29.7 Å². The van der Waals surface area contributed by atoms with Gasteiger partial charge in [0.2, 0.25) is 0 Å². The van der Waals surface area contributed by atoms with Gasteiger partial charge in [0, 0.05) is 10.8 Å². The van der Waals surface area contributed by atoms with Crippen molar-refractivity contribution >= 4 is 11.8 Å². The van der Waals surface area contributed by atoms with E-state index in [1.807, 2.05) is 11.8 Å². The van der Waals surface area contributed by atoms with Crippen molar-refractivity contribution in [3.63, 3.8) is 0 Å². The van der Waals surface area contributed by atoms with E-state index in [1.54, 1.807) is 22.3 Å². The Balaban J connectivity index is 2.18. The van der Waals surface area contributed by atoms with Gasteiger partial charge in [-0.3, -0.25) is 0 Å². The molecule has 0 radical (unpaired) electrons. The molecule has 1 aromatic carbocycles. The maximum Gasteiger partial charge on any atom is 0.00550 e. The summed E-state index contributed by atoms with van der Waals surface area (Å²) < 4.78 is 0. The highest BCUT2D eigenvalue weighted by atomic mass is 32.2. The number of hydrogen-bond acceptors (Lipinski definition) is 1. The van der Waals surface area contributed by atoms with Gasteiger partial charge in [0.25, 0.3) is 0 Å². The Bertz CT molecular complexity index is 971. The third kappa shape index (κ3) is 5.16. The Morgan fingerprint density at radius 1 is 1.06 bits per heavy atom. The molecular formula is C33H50S. The highest BCUT2D eigenvalue weighted by molar-refractivity contribution is 8.02. The highest BCUT2D eigenvalue weighted by Gasteiger charge is 2.40. The second kappa shape index (κ2) is 10.4. The molecule has 2 aliphatic rings. The Morgan fingerprint density at radius 2 is 1.68 bits per heavy atom. The topological polar surface area (TPSA) is 0 Å². The molecule has 0 nitrogen and oxygen atoms in total. The Labute approximate surface area is 215 Å². The van der Waals surface area contributed by atoms with E-state index in [2.05, 4.69) is 105 Å². The zero-order valence-corrected chi connectivity index (χ0v) is 24.6. The largest absolute Gasteiger partial charge is 0.130 e. The summed E-state index contributed by atoms with van der Waals surface area (Å²) in [6.45, 7) is 21.7. The molecule has 0 spiro atoms. The van der Waals surface area contributed by atoms with Crippen LogP contribution < -0.4 is 0 Å². The molecule has 0 N–H and O–H groups in total. The van der Waals surface area contributed by atoms with Gasteiger partial charge in [0.1, 0.15) is 0 Å². The maximum absolute atomic E-state index is 2.64. The van der Waals surface area contributed by atoms with Crippen molar-refractivity contribution in [2.24, 2.45) is 11.3 Å². The summed E-state index contributed by atoms with van der Waals surface area (Å²) in [5, 5.41) is 0. The normalized spacial score (nSPS) is 24.2. The first-order chi connectivity index (χ1) is 15.9. The molecule has 188 valence electrons. The molecule has 0 heterocycles. The van der Waals surface area contributed by atoms with Gasteiger partial charge in [-0.25, -0.2) is 0 Å². The first-order valence-corrected chi connectivity index (χ1v) is 14.9. The molecule has 1 aromatic rings. The van der Waals surface area contributed by atoms with Crippen molar-refractivity contribution in [2.45, 2.75) is 118 Å². The van der Waals surface area contributed by atoms with Crippen LogP contribution in [0.2, 0.25) is 0 Å². The van der Waals surface area contributed by atoms with Crippen molar-refractivity contribution in [2.75, 3.05) is 6.26 Å². The van der Waals surface area contributed by atoms with Gasteiger partial charge in [-0.15, -0.1) is 11.8 Å². The SMILES string of the molecule is CCC=CC(C)(CC)C1CC=C(SC)C=C1C(CC)c1cc2c(cc1C)C(C)(C)CCC2(C)C. The van der Waals surface area contributed by atoms with E-state index >= 15 is 0 Å². The van der Waals surface area contributed by atoms with E-state index in [0.29, 0.717) is 11.8 Å². The van der Waals surface area contributed by atoms with Crippen LogP contribution in [0.3, 0.4) is 0 Å². The van der Waals surface area contributed by atoms with Crippen molar-refractivity contribution in [1.29, 1.82) is 0 Å². The lowest BCUT2D eigenvalue weighted by Crippen LogP contribution is -2.34. The van der Waals surface area contributed by atoms with Crippen LogP contribution >= 0.6 is 11.8 Å². The molecule has 3 atom stereocenters. The van der Waals surface area contributed by atoms with Crippen LogP contribution in [-0.4, -0.2) is 6.26 Å². The monoisotopic (exact) mass is 478 g/mol. The molecule has 0 aromatic heterocycles. The molecule has 1 heteroatoms. The van der Waals surface area contributed by atoms with Crippen LogP contribution in [0.15, 0.2) is 46.9 Å². The number of allylic oxidation sites excluding steroid dienone is 5. The summed E-state index contributed by atoms with van der Waals surface area (Å²) in [5.41, 5.74) is 8.61. The Morgan fingerprint density at radius 3 is 2.21 bits per heavy atom. The zero-order valence-electron chi connectivity index (χ0n) is 23.8. The minimum Gasteiger partial charge on any atom is -0.130 e. The standard InChI is InChI=1S/C33H50S/c1-11-14-17-33(9,13-3)28-16-15-24(34-10)21-27(28)25(12-2)26-22-30-29(20-23(26)4)31(5,6)18-19-32(30,7)8/h14-15,17,20-22,25,28H,11-13,16,18-19H2,1-10H3. The van der Waals surface area contributed by atoms with Crippen LogP contribution in [0.5, 0.6) is 0 Å². The van der Waals surface area contributed by atoms with E-state index in [9.17, 15) is 0 Å². The fourth-order valence-corrected chi connectivity index (χ4v) is 6.96. The van der Waals surface area contributed by atoms with Crippen LogP contribution in [-0.2, 0) is 10.8 Å². The predicted molar refractivity (Wildman–Crippen MR) is 155 cm³/mol. The van der Waals surface area contributed by atoms with E-state index in [-0.39, 0.29) is 16.2 Å². The molecule has 3 rings (SSSR count). The fraction of sp³-hybridized carbons (Fsp3) is 0.636. The van der Waals surface area contributed by atoms with Crippen LogP contribution in [0.4, 0.5) is 0 Å². The average molecular weight is 479 g/mol. The molecule has 0 amide bonds. The van der Waals surface area contributed by atoms with Gasteiger partial charge in [-0.05, 0) is 102 Å². The molecule has 0 aliphatic heterocycles. The molecule has 0 fully saturated rings. The Hall–Kier alpha value is -1.21. The van der Waals surface area contributed by atoms with Crippen molar-refractivity contribution in [1.82, 2.24) is 0 Å². The van der Waals surface area contributed by atoms with E-state index < -0.39 is 0 Å². The molecule has 3 unspecified atom stereocenters. The lowest BCUT2D eigenvalue weighted by molar-refractivity contribution is 0.270. The zero-order chi connectivity index (χ0) is 25.3. The number of rotatable bonds is 8. The summed E-state index contributed by atoms with van der Waals surface area (Å²) in [5.74, 6) is 1.04. The summed E-state index contributed by atoms with van der Waals surface area (Å²) in [4.78, 5) is 1.44. The van der Waals surface area contributed by atoms with Crippen LogP contribution in [0.25, 0.3) is 0 Å². The predicted octanol–water partition coefficient (Wildman–Crippen LogP) is 10.4. The summed E-state index contributed by atoms with van der Waals surface area (Å²) in [6.07, 6.45) is 19.3. The number of hydrogen-bond donors (Lipinski definition) is 0. The molecule has 0 saturated heterocycles. The number of aryl methyl sites for hydroxylation is 1. The van der Waals surface area contributed by atoms with Crippen LogP contribution in [0.1, 0.15) is 122 Å². The first kappa shape index (κ1) is 27.4. The van der Waals surface area contributed by atoms with Crippen molar-refractivity contribution in [3.05, 3.63) is 69.2 Å². The van der Waals surface area contributed by atoms with E-state index in [4.69, 9.17) is 0 Å². The van der Waals surface area contributed by atoms with E-state index in [0.717, 1.165) is 19.3 Å². The Kier molecular flexibility index (Phi) is 8.39. The van der Waals surface area contributed by atoms with Crippen LogP contribution in [0, 0.1) is 18.3 Å². The van der Waals surface area contributed by atoms with Gasteiger partial charge in [0.15, 0.2) is 0 Å². The van der Waals surface area contributed by atoms with Gasteiger partial charge in [0.05, 0.1) is 0 Å². The second-order valence-corrected chi connectivity index (χ2v) is 13.3. The van der Waals surface area contributed by atoms with Gasteiger partial charge >= 0.3 is 0 Å². The maximum atomic E-state index is 2.64. The number of fused-ring (bicyclic) bond motifs is 1. The number of thioether (sulfide) groups is 1. The minimum atomic E-state index is 0.194. The third-order valence-corrected chi connectivity index (χ3v) is 9.98.